The van der Waals surface area contributed by atoms with Gasteiger partial charge in [0, 0.05) is 6.61 Å². The minimum Gasteiger partial charge on any atom is -0.368 e. The van der Waals surface area contributed by atoms with Gasteiger partial charge in [-0.3, -0.25) is 0 Å². The average Bonchev–Trinajstić information content (AvgIpc) is 2.18. The van der Waals surface area contributed by atoms with E-state index in [2.05, 4.69) is 0 Å². The average molecular weight is 210 g/mol. The SMILES string of the molecule is CCCOC(c1ccccc1)C(C)(O)O. The van der Waals surface area contributed by atoms with E-state index in [1.165, 1.54) is 6.92 Å². The van der Waals surface area contributed by atoms with Crippen LogP contribution in [0.15, 0.2) is 30.3 Å². The Morgan fingerprint density at radius 2 is 1.87 bits per heavy atom. The maximum atomic E-state index is 9.59. The molecule has 0 aliphatic heterocycles. The van der Waals surface area contributed by atoms with E-state index < -0.39 is 11.9 Å². The molecule has 15 heavy (non-hydrogen) atoms. The summed E-state index contributed by atoms with van der Waals surface area (Å²) in [7, 11) is 0. The van der Waals surface area contributed by atoms with Crippen LogP contribution in [0.1, 0.15) is 31.9 Å². The molecule has 0 amide bonds. The van der Waals surface area contributed by atoms with Crippen LogP contribution in [-0.4, -0.2) is 22.6 Å². The second-order valence-corrected chi connectivity index (χ2v) is 3.76. The molecule has 0 radical (unpaired) electrons. The van der Waals surface area contributed by atoms with Gasteiger partial charge in [0.1, 0.15) is 6.10 Å². The molecule has 1 atom stereocenters. The zero-order valence-corrected chi connectivity index (χ0v) is 9.18. The molecular formula is C12H18O3. The lowest BCUT2D eigenvalue weighted by atomic mass is 10.0. The predicted octanol–water partition coefficient (Wildman–Crippen LogP) is 1.86. The largest absolute Gasteiger partial charge is 0.368 e. The third-order valence-corrected chi connectivity index (χ3v) is 2.09. The Morgan fingerprint density at radius 3 is 2.33 bits per heavy atom. The van der Waals surface area contributed by atoms with Crippen molar-refractivity contribution in [1.82, 2.24) is 0 Å². The summed E-state index contributed by atoms with van der Waals surface area (Å²) in [5, 5.41) is 19.2. The molecule has 0 heterocycles. The molecule has 3 heteroatoms. The summed E-state index contributed by atoms with van der Waals surface area (Å²) in [6.07, 6.45) is 0.151. The molecule has 0 aromatic heterocycles. The number of rotatable bonds is 5. The van der Waals surface area contributed by atoms with Gasteiger partial charge < -0.3 is 14.9 Å². The highest BCUT2D eigenvalue weighted by molar-refractivity contribution is 5.19. The van der Waals surface area contributed by atoms with E-state index in [9.17, 15) is 10.2 Å². The Hall–Kier alpha value is -0.900. The summed E-state index contributed by atoms with van der Waals surface area (Å²) in [6, 6.07) is 9.23. The Balaban J connectivity index is 2.82. The van der Waals surface area contributed by atoms with E-state index >= 15 is 0 Å². The third kappa shape index (κ3) is 3.63. The van der Waals surface area contributed by atoms with Crippen LogP contribution in [0.25, 0.3) is 0 Å². The standard InChI is InChI=1S/C12H18O3/c1-3-9-15-11(12(2,13)14)10-7-5-4-6-8-10/h4-8,11,13-14H,3,9H2,1-2H3. The fraction of sp³-hybridized carbons (Fsp3) is 0.500. The summed E-state index contributed by atoms with van der Waals surface area (Å²) >= 11 is 0. The van der Waals surface area contributed by atoms with Gasteiger partial charge in [-0.2, -0.15) is 0 Å². The molecule has 2 N–H and O–H groups in total. The zero-order valence-electron chi connectivity index (χ0n) is 9.18. The van der Waals surface area contributed by atoms with Crippen LogP contribution < -0.4 is 0 Å². The second kappa shape index (κ2) is 5.26. The number of ether oxygens (including phenoxy) is 1. The Morgan fingerprint density at radius 1 is 1.27 bits per heavy atom. The molecule has 0 fully saturated rings. The van der Waals surface area contributed by atoms with Gasteiger partial charge in [0.05, 0.1) is 0 Å². The molecule has 1 aromatic carbocycles. The molecule has 1 unspecified atom stereocenters. The lowest BCUT2D eigenvalue weighted by molar-refractivity contribution is -0.229. The van der Waals surface area contributed by atoms with E-state index in [0.717, 1.165) is 12.0 Å². The van der Waals surface area contributed by atoms with Crippen molar-refractivity contribution in [2.75, 3.05) is 6.61 Å². The lowest BCUT2D eigenvalue weighted by Crippen LogP contribution is -2.34. The van der Waals surface area contributed by atoms with Crippen molar-refractivity contribution in [3.05, 3.63) is 35.9 Å². The van der Waals surface area contributed by atoms with Gasteiger partial charge in [-0.15, -0.1) is 0 Å². The van der Waals surface area contributed by atoms with E-state index in [-0.39, 0.29) is 0 Å². The normalized spacial score (nSPS) is 13.9. The topological polar surface area (TPSA) is 49.7 Å². The van der Waals surface area contributed by atoms with Gasteiger partial charge in [0.25, 0.3) is 0 Å². The van der Waals surface area contributed by atoms with Gasteiger partial charge >= 0.3 is 0 Å². The highest BCUT2D eigenvalue weighted by atomic mass is 16.6. The molecule has 0 bridgehead atoms. The molecule has 0 aliphatic rings. The van der Waals surface area contributed by atoms with Crippen molar-refractivity contribution in [2.45, 2.75) is 32.2 Å². The van der Waals surface area contributed by atoms with E-state index in [1.807, 2.05) is 37.3 Å². The predicted molar refractivity (Wildman–Crippen MR) is 58.3 cm³/mol. The van der Waals surface area contributed by atoms with Crippen LogP contribution in [0.3, 0.4) is 0 Å². The number of hydrogen-bond donors (Lipinski definition) is 2. The number of aliphatic hydroxyl groups is 2. The maximum absolute atomic E-state index is 9.59. The molecular weight excluding hydrogens is 192 g/mol. The van der Waals surface area contributed by atoms with Crippen LogP contribution >= 0.6 is 0 Å². The van der Waals surface area contributed by atoms with Crippen molar-refractivity contribution in [3.63, 3.8) is 0 Å². The molecule has 3 nitrogen and oxygen atoms in total. The summed E-state index contributed by atoms with van der Waals surface area (Å²) in [5.41, 5.74) is 0.776. The smallest absolute Gasteiger partial charge is 0.191 e. The quantitative estimate of drug-likeness (QED) is 0.729. The third-order valence-electron chi connectivity index (χ3n) is 2.09. The first kappa shape index (κ1) is 12.2. The van der Waals surface area contributed by atoms with Gasteiger partial charge in [0.15, 0.2) is 5.79 Å². The van der Waals surface area contributed by atoms with Crippen molar-refractivity contribution in [2.24, 2.45) is 0 Å². The monoisotopic (exact) mass is 210 g/mol. The fourth-order valence-corrected chi connectivity index (χ4v) is 1.43. The minimum atomic E-state index is -1.85. The van der Waals surface area contributed by atoms with Crippen LogP contribution in [0.4, 0.5) is 0 Å². The molecule has 0 aliphatic carbocycles. The number of benzene rings is 1. The molecule has 0 saturated carbocycles. The highest BCUT2D eigenvalue weighted by Gasteiger charge is 2.31. The summed E-state index contributed by atoms with van der Waals surface area (Å²) < 4.78 is 5.44. The molecule has 84 valence electrons. The van der Waals surface area contributed by atoms with Gasteiger partial charge in [0.2, 0.25) is 0 Å². The van der Waals surface area contributed by atoms with E-state index in [4.69, 9.17) is 4.74 Å². The summed E-state index contributed by atoms with van der Waals surface area (Å²) in [6.45, 7) is 3.82. The Bertz CT molecular complexity index is 277. The summed E-state index contributed by atoms with van der Waals surface area (Å²) in [4.78, 5) is 0. The van der Waals surface area contributed by atoms with Crippen LogP contribution in [0.2, 0.25) is 0 Å². The van der Waals surface area contributed by atoms with E-state index in [1.54, 1.807) is 0 Å². The first-order chi connectivity index (χ1) is 7.05. The number of hydrogen-bond acceptors (Lipinski definition) is 3. The lowest BCUT2D eigenvalue weighted by Gasteiger charge is -2.28. The van der Waals surface area contributed by atoms with Crippen molar-refractivity contribution in [3.8, 4) is 0 Å². The fourth-order valence-electron chi connectivity index (χ4n) is 1.43. The van der Waals surface area contributed by atoms with E-state index in [0.29, 0.717) is 6.61 Å². The highest BCUT2D eigenvalue weighted by Crippen LogP contribution is 2.27. The first-order valence-corrected chi connectivity index (χ1v) is 5.17. The molecule has 0 spiro atoms. The van der Waals surface area contributed by atoms with Crippen LogP contribution in [-0.2, 0) is 4.74 Å². The zero-order chi connectivity index (χ0) is 11.3. The van der Waals surface area contributed by atoms with Crippen LogP contribution in [0, 0.1) is 0 Å². The van der Waals surface area contributed by atoms with Gasteiger partial charge in [-0.25, -0.2) is 0 Å². The molecule has 1 aromatic rings. The Kier molecular flexibility index (Phi) is 4.27. The van der Waals surface area contributed by atoms with Gasteiger partial charge in [-0.05, 0) is 18.9 Å². The second-order valence-electron chi connectivity index (χ2n) is 3.76. The molecule has 0 saturated heterocycles. The summed E-state index contributed by atoms with van der Waals surface area (Å²) in [5.74, 6) is -1.85. The minimum absolute atomic E-state index is 0.510. The Labute approximate surface area is 90.3 Å². The maximum Gasteiger partial charge on any atom is 0.191 e. The van der Waals surface area contributed by atoms with Crippen molar-refractivity contribution in [1.29, 1.82) is 0 Å². The van der Waals surface area contributed by atoms with Crippen molar-refractivity contribution >= 4 is 0 Å². The molecule has 1 rings (SSSR count). The van der Waals surface area contributed by atoms with Crippen LogP contribution in [0.5, 0.6) is 0 Å². The van der Waals surface area contributed by atoms with Crippen molar-refractivity contribution < 1.29 is 14.9 Å². The van der Waals surface area contributed by atoms with Gasteiger partial charge in [-0.1, -0.05) is 37.3 Å². The first-order valence-electron chi connectivity index (χ1n) is 5.17.